The van der Waals surface area contributed by atoms with E-state index in [0.717, 1.165) is 81.6 Å². The van der Waals surface area contributed by atoms with Gasteiger partial charge >= 0.3 is 0 Å². The van der Waals surface area contributed by atoms with E-state index in [2.05, 4.69) is 38.3 Å². The van der Waals surface area contributed by atoms with Crippen molar-refractivity contribution in [2.24, 2.45) is 5.92 Å². The van der Waals surface area contributed by atoms with Crippen molar-refractivity contribution in [1.82, 2.24) is 20.4 Å². The molecule has 0 aliphatic carbocycles. The molecule has 1 amide bonds. The highest BCUT2D eigenvalue weighted by Gasteiger charge is 2.27. The molecule has 2 aliphatic rings. The number of rotatable bonds is 7. The summed E-state index contributed by atoms with van der Waals surface area (Å²) in [6.07, 6.45) is 2.66. The number of hydrogen-bond acceptors (Lipinski definition) is 7. The molecule has 2 aliphatic heterocycles. The Morgan fingerprint density at radius 2 is 2.00 bits per heavy atom. The Morgan fingerprint density at radius 1 is 1.20 bits per heavy atom. The fourth-order valence-electron chi connectivity index (χ4n) is 4.11. The molecule has 7 nitrogen and oxygen atoms in total. The first-order valence-electron chi connectivity index (χ1n) is 11.0. The quantitative estimate of drug-likeness (QED) is 0.730. The number of anilines is 1. The minimum Gasteiger partial charge on any atom is -0.379 e. The van der Waals surface area contributed by atoms with Gasteiger partial charge in [0, 0.05) is 44.7 Å². The number of ether oxygens (including phenoxy) is 1. The summed E-state index contributed by atoms with van der Waals surface area (Å²) in [6, 6.07) is 8.36. The summed E-state index contributed by atoms with van der Waals surface area (Å²) in [4.78, 5) is 18.6. The molecule has 1 N–H and O–H groups in total. The first-order chi connectivity index (χ1) is 14.7. The minimum absolute atomic E-state index is 0.0818. The molecular weight excluding hydrogens is 398 g/mol. The van der Waals surface area contributed by atoms with E-state index in [0.29, 0.717) is 0 Å². The molecule has 0 aromatic carbocycles. The SMILES string of the molecule is CC[C@@H](CN1CCOCC1)NC(=O)C1CCN(c2ccc(-c3cccs3)nn2)CC1. The first kappa shape index (κ1) is 21.2. The maximum absolute atomic E-state index is 12.8. The second-order valence-electron chi connectivity index (χ2n) is 8.04. The zero-order chi connectivity index (χ0) is 20.8. The van der Waals surface area contributed by atoms with E-state index in [9.17, 15) is 4.79 Å². The van der Waals surface area contributed by atoms with Crippen LogP contribution in [0.1, 0.15) is 26.2 Å². The summed E-state index contributed by atoms with van der Waals surface area (Å²) in [5.41, 5.74) is 0.911. The molecule has 4 rings (SSSR count). The van der Waals surface area contributed by atoms with Crippen molar-refractivity contribution in [3.63, 3.8) is 0 Å². The van der Waals surface area contributed by atoms with Gasteiger partial charge in [-0.25, -0.2) is 0 Å². The van der Waals surface area contributed by atoms with E-state index in [-0.39, 0.29) is 17.9 Å². The molecule has 0 saturated carbocycles. The fourth-order valence-corrected chi connectivity index (χ4v) is 4.80. The van der Waals surface area contributed by atoms with Gasteiger partial charge in [0.2, 0.25) is 5.91 Å². The molecule has 1 atom stereocenters. The molecule has 0 unspecified atom stereocenters. The number of carbonyl (C=O) groups is 1. The Hall–Kier alpha value is -2.03. The van der Waals surface area contributed by atoms with Crippen molar-refractivity contribution in [2.45, 2.75) is 32.2 Å². The van der Waals surface area contributed by atoms with Crippen LogP contribution in [0.25, 0.3) is 10.6 Å². The van der Waals surface area contributed by atoms with Crippen LogP contribution >= 0.6 is 11.3 Å². The van der Waals surface area contributed by atoms with Crippen LogP contribution in [0, 0.1) is 5.92 Å². The average Bonchev–Trinajstić information content (AvgIpc) is 3.34. The standard InChI is InChI=1S/C22H31N5O2S/c1-2-18(16-26-11-13-29-14-12-26)23-22(28)17-7-9-27(10-8-17)21-6-5-19(24-25-21)20-4-3-15-30-20/h3-6,15,17-18H,2,7-14,16H2,1H3,(H,23,28)/t18-/m0/s1. The van der Waals surface area contributed by atoms with Crippen LogP contribution in [0.3, 0.4) is 0 Å². The largest absolute Gasteiger partial charge is 0.379 e. The van der Waals surface area contributed by atoms with Gasteiger partial charge in [-0.3, -0.25) is 9.69 Å². The summed E-state index contributed by atoms with van der Waals surface area (Å²) < 4.78 is 5.42. The predicted octanol–water partition coefficient (Wildman–Crippen LogP) is 2.65. The van der Waals surface area contributed by atoms with Crippen LogP contribution in [0.5, 0.6) is 0 Å². The van der Waals surface area contributed by atoms with Gasteiger partial charge in [0.25, 0.3) is 0 Å². The van der Waals surface area contributed by atoms with Gasteiger partial charge in [0.1, 0.15) is 5.69 Å². The van der Waals surface area contributed by atoms with Crippen molar-refractivity contribution in [1.29, 1.82) is 0 Å². The van der Waals surface area contributed by atoms with Crippen LogP contribution in [0.15, 0.2) is 29.6 Å². The lowest BCUT2D eigenvalue weighted by Gasteiger charge is -2.34. The molecule has 4 heterocycles. The van der Waals surface area contributed by atoms with E-state index in [1.165, 1.54) is 0 Å². The van der Waals surface area contributed by atoms with Crippen LogP contribution in [0.4, 0.5) is 5.82 Å². The molecule has 2 aromatic rings. The number of nitrogens with one attached hydrogen (secondary N) is 1. The van der Waals surface area contributed by atoms with Gasteiger partial charge in [-0.2, -0.15) is 0 Å². The summed E-state index contributed by atoms with van der Waals surface area (Å²) in [5, 5.41) is 14.1. The zero-order valence-corrected chi connectivity index (χ0v) is 18.4. The summed E-state index contributed by atoms with van der Waals surface area (Å²) in [6.45, 7) is 8.23. The number of carbonyl (C=O) groups excluding carboxylic acids is 1. The lowest BCUT2D eigenvalue weighted by molar-refractivity contribution is -0.126. The van der Waals surface area contributed by atoms with E-state index in [4.69, 9.17) is 4.74 Å². The van der Waals surface area contributed by atoms with Gasteiger partial charge in [-0.15, -0.1) is 21.5 Å². The molecule has 0 radical (unpaired) electrons. The smallest absolute Gasteiger partial charge is 0.223 e. The average molecular weight is 430 g/mol. The van der Waals surface area contributed by atoms with Gasteiger partial charge < -0.3 is 15.0 Å². The maximum Gasteiger partial charge on any atom is 0.223 e. The molecule has 8 heteroatoms. The molecule has 30 heavy (non-hydrogen) atoms. The van der Waals surface area contributed by atoms with Crippen LogP contribution in [-0.4, -0.2) is 73.0 Å². The van der Waals surface area contributed by atoms with E-state index in [1.807, 2.05) is 23.6 Å². The highest BCUT2D eigenvalue weighted by molar-refractivity contribution is 7.13. The molecule has 2 aromatic heterocycles. The van der Waals surface area contributed by atoms with Gasteiger partial charge in [-0.1, -0.05) is 13.0 Å². The second kappa shape index (κ2) is 10.3. The zero-order valence-electron chi connectivity index (χ0n) is 17.6. The topological polar surface area (TPSA) is 70.6 Å². The number of thiophene rings is 1. The first-order valence-corrected chi connectivity index (χ1v) is 11.8. The minimum atomic E-state index is 0.0818. The Morgan fingerprint density at radius 3 is 2.63 bits per heavy atom. The lowest BCUT2D eigenvalue weighted by Crippen LogP contribution is -2.49. The third-order valence-electron chi connectivity index (χ3n) is 6.04. The van der Waals surface area contributed by atoms with Gasteiger partial charge in [0.05, 0.1) is 18.1 Å². The molecule has 0 spiro atoms. The van der Waals surface area contributed by atoms with Crippen LogP contribution < -0.4 is 10.2 Å². The number of hydrogen-bond donors (Lipinski definition) is 1. The highest BCUT2D eigenvalue weighted by atomic mass is 32.1. The summed E-state index contributed by atoms with van der Waals surface area (Å²) >= 11 is 1.67. The van der Waals surface area contributed by atoms with E-state index in [1.54, 1.807) is 11.3 Å². The normalized spacial score (nSPS) is 19.6. The molecule has 162 valence electrons. The fraction of sp³-hybridized carbons (Fsp3) is 0.591. The van der Waals surface area contributed by atoms with Gasteiger partial charge in [-0.05, 0) is 42.8 Å². The van der Waals surface area contributed by atoms with Gasteiger partial charge in [0.15, 0.2) is 5.82 Å². The van der Waals surface area contributed by atoms with E-state index < -0.39 is 0 Å². The monoisotopic (exact) mass is 429 g/mol. The Bertz CT molecular complexity index is 784. The number of amides is 1. The Kier molecular flexibility index (Phi) is 7.30. The van der Waals surface area contributed by atoms with Crippen molar-refractivity contribution in [3.05, 3.63) is 29.6 Å². The van der Waals surface area contributed by atoms with E-state index >= 15 is 0 Å². The van der Waals surface area contributed by atoms with Crippen molar-refractivity contribution < 1.29 is 9.53 Å². The molecule has 2 saturated heterocycles. The lowest BCUT2D eigenvalue weighted by atomic mass is 9.95. The summed E-state index contributed by atoms with van der Waals surface area (Å²) in [7, 11) is 0. The van der Waals surface area contributed by atoms with Crippen LogP contribution in [-0.2, 0) is 9.53 Å². The Balaban J connectivity index is 1.25. The van der Waals surface area contributed by atoms with Crippen LogP contribution in [0.2, 0.25) is 0 Å². The van der Waals surface area contributed by atoms with Crippen molar-refractivity contribution in [3.8, 4) is 10.6 Å². The van der Waals surface area contributed by atoms with Crippen molar-refractivity contribution in [2.75, 3.05) is 50.8 Å². The maximum atomic E-state index is 12.8. The molecule has 2 fully saturated rings. The number of aromatic nitrogens is 2. The summed E-state index contributed by atoms with van der Waals surface area (Å²) in [5.74, 6) is 1.18. The Labute approximate surface area is 182 Å². The van der Waals surface area contributed by atoms with Crippen molar-refractivity contribution >= 4 is 23.1 Å². The number of nitrogens with zero attached hydrogens (tertiary/aromatic N) is 4. The molecule has 0 bridgehead atoms. The number of piperidine rings is 1. The molecular formula is C22H31N5O2S. The predicted molar refractivity (Wildman–Crippen MR) is 120 cm³/mol. The highest BCUT2D eigenvalue weighted by Crippen LogP contribution is 2.25. The third-order valence-corrected chi connectivity index (χ3v) is 6.93. The second-order valence-corrected chi connectivity index (χ2v) is 8.99. The number of morpholine rings is 1. The third kappa shape index (κ3) is 5.36.